The molecule has 0 unspecified atom stereocenters. The summed E-state index contributed by atoms with van der Waals surface area (Å²) < 4.78 is 0. The van der Waals surface area contributed by atoms with Crippen LogP contribution in [0, 0.1) is 13.8 Å². The Morgan fingerprint density at radius 2 is 2.19 bits per heavy atom. The van der Waals surface area contributed by atoms with Crippen molar-refractivity contribution in [2.75, 3.05) is 5.32 Å². The number of hydrogen-bond donors (Lipinski definition) is 2. The van der Waals surface area contributed by atoms with E-state index in [2.05, 4.69) is 40.4 Å². The Bertz CT molecular complexity index is 488. The van der Waals surface area contributed by atoms with Gasteiger partial charge in [0.1, 0.15) is 5.82 Å². The van der Waals surface area contributed by atoms with Gasteiger partial charge in [-0.25, -0.2) is 4.98 Å². The standard InChI is InChI=1S/C12H16N4/c1-4-10-5-6-13-12(9(10)3)14-11-7-8(2)15-16-11/h5-7H,4H2,1-3H3,(H2,13,14,15,16). The van der Waals surface area contributed by atoms with Gasteiger partial charge in [0.15, 0.2) is 5.82 Å². The lowest BCUT2D eigenvalue weighted by Gasteiger charge is -2.08. The molecule has 0 spiro atoms. The van der Waals surface area contributed by atoms with E-state index in [1.54, 1.807) is 0 Å². The first-order valence-electron chi connectivity index (χ1n) is 5.44. The highest BCUT2D eigenvalue weighted by atomic mass is 15.2. The molecule has 4 nitrogen and oxygen atoms in total. The van der Waals surface area contributed by atoms with Gasteiger partial charge in [-0.05, 0) is 37.5 Å². The smallest absolute Gasteiger partial charge is 0.153 e. The average molecular weight is 216 g/mol. The van der Waals surface area contributed by atoms with Crippen molar-refractivity contribution in [1.82, 2.24) is 15.2 Å². The van der Waals surface area contributed by atoms with Crippen LogP contribution in [0.15, 0.2) is 18.3 Å². The second-order valence-electron chi connectivity index (χ2n) is 3.86. The van der Waals surface area contributed by atoms with E-state index in [-0.39, 0.29) is 0 Å². The molecule has 0 aliphatic carbocycles. The van der Waals surface area contributed by atoms with Gasteiger partial charge >= 0.3 is 0 Å². The van der Waals surface area contributed by atoms with Crippen molar-refractivity contribution in [2.45, 2.75) is 27.2 Å². The third-order valence-electron chi connectivity index (χ3n) is 2.65. The van der Waals surface area contributed by atoms with E-state index in [0.29, 0.717) is 0 Å². The summed E-state index contributed by atoms with van der Waals surface area (Å²) in [5.41, 5.74) is 3.53. The molecule has 2 N–H and O–H groups in total. The number of aromatic amines is 1. The summed E-state index contributed by atoms with van der Waals surface area (Å²) in [7, 11) is 0. The number of hydrogen-bond acceptors (Lipinski definition) is 3. The number of rotatable bonds is 3. The third kappa shape index (κ3) is 2.05. The van der Waals surface area contributed by atoms with E-state index >= 15 is 0 Å². The van der Waals surface area contributed by atoms with Crippen molar-refractivity contribution < 1.29 is 0 Å². The van der Waals surface area contributed by atoms with Crippen molar-refractivity contribution in [3.63, 3.8) is 0 Å². The fourth-order valence-electron chi connectivity index (χ4n) is 1.69. The molecule has 84 valence electrons. The molecule has 0 aromatic carbocycles. The Morgan fingerprint density at radius 3 is 2.81 bits per heavy atom. The second-order valence-corrected chi connectivity index (χ2v) is 3.86. The summed E-state index contributed by atoms with van der Waals surface area (Å²) in [6, 6.07) is 4.01. The van der Waals surface area contributed by atoms with Gasteiger partial charge in [0.25, 0.3) is 0 Å². The molecule has 2 aromatic heterocycles. The summed E-state index contributed by atoms with van der Waals surface area (Å²) in [5.74, 6) is 1.69. The highest BCUT2D eigenvalue weighted by Crippen LogP contribution is 2.20. The minimum absolute atomic E-state index is 0.807. The zero-order chi connectivity index (χ0) is 11.5. The summed E-state index contributed by atoms with van der Waals surface area (Å²) in [6.45, 7) is 6.19. The number of anilines is 2. The molecule has 16 heavy (non-hydrogen) atoms. The lowest BCUT2D eigenvalue weighted by molar-refractivity contribution is 1.04. The molecule has 2 aromatic rings. The number of H-pyrrole nitrogens is 1. The van der Waals surface area contributed by atoms with Crippen LogP contribution in [0.25, 0.3) is 0 Å². The van der Waals surface area contributed by atoms with Crippen LogP contribution in [-0.4, -0.2) is 15.2 Å². The quantitative estimate of drug-likeness (QED) is 0.829. The van der Waals surface area contributed by atoms with E-state index in [4.69, 9.17) is 0 Å². The number of nitrogens with zero attached hydrogens (tertiary/aromatic N) is 2. The first-order valence-corrected chi connectivity index (χ1v) is 5.44. The summed E-state index contributed by atoms with van der Waals surface area (Å²) in [5, 5.41) is 10.2. The van der Waals surface area contributed by atoms with Crippen molar-refractivity contribution in [2.24, 2.45) is 0 Å². The molecule has 0 bridgehead atoms. The van der Waals surface area contributed by atoms with Gasteiger partial charge in [-0.2, -0.15) is 5.10 Å². The lowest BCUT2D eigenvalue weighted by atomic mass is 10.1. The zero-order valence-electron chi connectivity index (χ0n) is 9.83. The van der Waals surface area contributed by atoms with Gasteiger partial charge in [-0.15, -0.1) is 0 Å². The minimum Gasteiger partial charge on any atom is -0.323 e. The maximum Gasteiger partial charge on any atom is 0.153 e. The Morgan fingerprint density at radius 1 is 1.38 bits per heavy atom. The van der Waals surface area contributed by atoms with E-state index in [9.17, 15) is 0 Å². The number of pyridine rings is 1. The largest absolute Gasteiger partial charge is 0.323 e. The van der Waals surface area contributed by atoms with Crippen LogP contribution in [0.2, 0.25) is 0 Å². The van der Waals surface area contributed by atoms with Crippen LogP contribution in [0.5, 0.6) is 0 Å². The van der Waals surface area contributed by atoms with Crippen LogP contribution in [-0.2, 0) is 6.42 Å². The summed E-state index contributed by atoms with van der Waals surface area (Å²) >= 11 is 0. The monoisotopic (exact) mass is 216 g/mol. The van der Waals surface area contributed by atoms with E-state index < -0.39 is 0 Å². The van der Waals surface area contributed by atoms with E-state index in [0.717, 1.165) is 23.8 Å². The number of aromatic nitrogens is 3. The molecule has 0 saturated carbocycles. The number of aryl methyl sites for hydroxylation is 2. The molecule has 0 aliphatic heterocycles. The van der Waals surface area contributed by atoms with Gasteiger partial charge < -0.3 is 5.32 Å². The van der Waals surface area contributed by atoms with Crippen LogP contribution in [0.4, 0.5) is 11.6 Å². The highest BCUT2D eigenvalue weighted by molar-refractivity contribution is 5.57. The van der Waals surface area contributed by atoms with Crippen LogP contribution in [0.1, 0.15) is 23.7 Å². The molecule has 0 saturated heterocycles. The van der Waals surface area contributed by atoms with Gasteiger partial charge in [-0.1, -0.05) is 6.92 Å². The third-order valence-corrected chi connectivity index (χ3v) is 2.65. The SMILES string of the molecule is CCc1ccnc(Nc2cc(C)[nH]n2)c1C. The minimum atomic E-state index is 0.807. The fourth-order valence-corrected chi connectivity index (χ4v) is 1.69. The molecular weight excluding hydrogens is 200 g/mol. The Balaban J connectivity index is 2.28. The molecule has 0 atom stereocenters. The Kier molecular flexibility index (Phi) is 2.90. The van der Waals surface area contributed by atoms with Crippen molar-refractivity contribution >= 4 is 11.6 Å². The first kappa shape index (κ1) is 10.7. The van der Waals surface area contributed by atoms with E-state index in [1.165, 1.54) is 11.1 Å². The zero-order valence-corrected chi connectivity index (χ0v) is 9.83. The van der Waals surface area contributed by atoms with Crippen molar-refractivity contribution in [3.05, 3.63) is 35.2 Å². The van der Waals surface area contributed by atoms with Gasteiger partial charge in [0, 0.05) is 18.0 Å². The van der Waals surface area contributed by atoms with Gasteiger partial charge in [0.05, 0.1) is 0 Å². The molecule has 0 amide bonds. The highest BCUT2D eigenvalue weighted by Gasteiger charge is 2.05. The van der Waals surface area contributed by atoms with Crippen LogP contribution >= 0.6 is 0 Å². The average Bonchev–Trinajstić information content (AvgIpc) is 2.67. The molecular formula is C12H16N4. The molecule has 4 heteroatoms. The predicted molar refractivity (Wildman–Crippen MR) is 65.0 cm³/mol. The Hall–Kier alpha value is -1.84. The van der Waals surface area contributed by atoms with E-state index in [1.807, 2.05) is 19.2 Å². The second kappa shape index (κ2) is 4.35. The summed E-state index contributed by atoms with van der Waals surface area (Å²) in [4.78, 5) is 4.33. The molecule has 0 fully saturated rings. The maximum absolute atomic E-state index is 4.33. The Labute approximate surface area is 95.1 Å². The first-order chi connectivity index (χ1) is 7.70. The molecule has 0 aliphatic rings. The van der Waals surface area contributed by atoms with Crippen LogP contribution in [0.3, 0.4) is 0 Å². The van der Waals surface area contributed by atoms with Crippen LogP contribution < -0.4 is 5.32 Å². The van der Waals surface area contributed by atoms with Gasteiger partial charge in [-0.3, -0.25) is 5.10 Å². The molecule has 2 heterocycles. The number of nitrogens with one attached hydrogen (secondary N) is 2. The normalized spacial score (nSPS) is 10.4. The predicted octanol–water partition coefficient (Wildman–Crippen LogP) is 2.73. The van der Waals surface area contributed by atoms with Crippen molar-refractivity contribution in [1.29, 1.82) is 0 Å². The topological polar surface area (TPSA) is 53.6 Å². The van der Waals surface area contributed by atoms with Gasteiger partial charge in [0.2, 0.25) is 0 Å². The molecule has 0 radical (unpaired) electrons. The molecule has 2 rings (SSSR count). The summed E-state index contributed by atoms with van der Waals surface area (Å²) in [6.07, 6.45) is 2.84. The maximum atomic E-state index is 4.33. The fraction of sp³-hybridized carbons (Fsp3) is 0.333. The van der Waals surface area contributed by atoms with Crippen molar-refractivity contribution in [3.8, 4) is 0 Å². The lowest BCUT2D eigenvalue weighted by Crippen LogP contribution is -1.99.